The van der Waals surface area contributed by atoms with Crippen LogP contribution in [-0.2, 0) is 0 Å². The van der Waals surface area contributed by atoms with Crippen molar-refractivity contribution in [1.82, 2.24) is 10.3 Å². The van der Waals surface area contributed by atoms with Crippen molar-refractivity contribution in [3.05, 3.63) is 24.4 Å². The normalized spacial score (nSPS) is 21.7. The number of anilines is 1. The maximum absolute atomic E-state index is 4.21. The van der Waals surface area contributed by atoms with Gasteiger partial charge in [0.05, 0.1) is 0 Å². The summed E-state index contributed by atoms with van der Waals surface area (Å²) in [7, 11) is 0. The third kappa shape index (κ3) is 2.42. The second-order valence-corrected chi connectivity index (χ2v) is 3.45. The van der Waals surface area contributed by atoms with Crippen molar-refractivity contribution in [3.63, 3.8) is 0 Å². The Morgan fingerprint density at radius 3 is 3.23 bits per heavy atom. The zero-order valence-electron chi connectivity index (χ0n) is 7.66. The number of nitrogens with zero attached hydrogens (tertiary/aromatic N) is 1. The minimum Gasteiger partial charge on any atom is -0.370 e. The van der Waals surface area contributed by atoms with Gasteiger partial charge in [-0.1, -0.05) is 6.07 Å². The summed E-state index contributed by atoms with van der Waals surface area (Å²) >= 11 is 0. The van der Waals surface area contributed by atoms with Gasteiger partial charge in [-0.05, 0) is 37.6 Å². The molecule has 13 heavy (non-hydrogen) atoms. The topological polar surface area (TPSA) is 37.0 Å². The average molecular weight is 177 g/mol. The summed E-state index contributed by atoms with van der Waals surface area (Å²) < 4.78 is 0. The van der Waals surface area contributed by atoms with E-state index in [0.29, 0.717) is 0 Å². The summed E-state index contributed by atoms with van der Waals surface area (Å²) in [6.07, 6.45) is 3.09. The summed E-state index contributed by atoms with van der Waals surface area (Å²) in [5, 5.41) is 6.68. The van der Waals surface area contributed by atoms with Crippen LogP contribution in [0.1, 0.15) is 6.42 Å². The van der Waals surface area contributed by atoms with Gasteiger partial charge in [-0.3, -0.25) is 0 Å². The van der Waals surface area contributed by atoms with Crippen LogP contribution in [-0.4, -0.2) is 24.6 Å². The highest BCUT2D eigenvalue weighted by molar-refractivity contribution is 5.33. The highest BCUT2D eigenvalue weighted by Crippen LogP contribution is 2.08. The molecule has 3 nitrogen and oxygen atoms in total. The van der Waals surface area contributed by atoms with Gasteiger partial charge >= 0.3 is 0 Å². The molecular weight excluding hydrogens is 162 g/mol. The molecule has 2 rings (SSSR count). The van der Waals surface area contributed by atoms with E-state index < -0.39 is 0 Å². The number of rotatable bonds is 3. The van der Waals surface area contributed by atoms with Gasteiger partial charge in [0.25, 0.3) is 0 Å². The number of hydrogen-bond donors (Lipinski definition) is 2. The molecule has 0 spiro atoms. The Morgan fingerprint density at radius 2 is 2.54 bits per heavy atom. The van der Waals surface area contributed by atoms with E-state index in [1.165, 1.54) is 6.42 Å². The van der Waals surface area contributed by atoms with E-state index in [1.54, 1.807) is 0 Å². The van der Waals surface area contributed by atoms with Gasteiger partial charge in [0, 0.05) is 12.7 Å². The van der Waals surface area contributed by atoms with Gasteiger partial charge < -0.3 is 10.6 Å². The molecule has 0 aromatic carbocycles. The zero-order valence-corrected chi connectivity index (χ0v) is 7.66. The minimum absolute atomic E-state index is 0.766. The summed E-state index contributed by atoms with van der Waals surface area (Å²) in [4.78, 5) is 4.21. The predicted molar refractivity (Wildman–Crippen MR) is 53.7 cm³/mol. The first-order valence-corrected chi connectivity index (χ1v) is 4.81. The highest BCUT2D eigenvalue weighted by atomic mass is 15.0. The molecule has 1 fully saturated rings. The lowest BCUT2D eigenvalue weighted by Crippen LogP contribution is -2.17. The molecule has 0 aliphatic carbocycles. The quantitative estimate of drug-likeness (QED) is 0.726. The van der Waals surface area contributed by atoms with Gasteiger partial charge in [-0.15, -0.1) is 0 Å². The predicted octanol–water partition coefficient (Wildman–Crippen LogP) is 1.10. The molecule has 2 N–H and O–H groups in total. The third-order valence-corrected chi connectivity index (χ3v) is 2.40. The Kier molecular flexibility index (Phi) is 2.77. The molecule has 1 atom stereocenters. The molecule has 0 radical (unpaired) electrons. The van der Waals surface area contributed by atoms with Crippen LogP contribution in [0.2, 0.25) is 0 Å². The Balaban J connectivity index is 1.79. The van der Waals surface area contributed by atoms with E-state index in [-0.39, 0.29) is 0 Å². The van der Waals surface area contributed by atoms with Gasteiger partial charge in [0.2, 0.25) is 0 Å². The standard InChI is InChI=1S/C10H15N3/c1-2-5-12-10(3-1)13-8-9-4-6-11-7-9/h1-3,5,9,11H,4,6-8H2,(H,12,13). The van der Waals surface area contributed by atoms with E-state index in [2.05, 4.69) is 15.6 Å². The van der Waals surface area contributed by atoms with Crippen LogP contribution in [0.15, 0.2) is 24.4 Å². The molecule has 1 aliphatic heterocycles. The number of pyridine rings is 1. The van der Waals surface area contributed by atoms with E-state index in [1.807, 2.05) is 24.4 Å². The molecule has 1 aliphatic rings. The SMILES string of the molecule is c1ccc(NCC2CCNC2)nc1. The Hall–Kier alpha value is -1.09. The summed E-state index contributed by atoms with van der Waals surface area (Å²) in [6.45, 7) is 3.33. The number of hydrogen-bond acceptors (Lipinski definition) is 3. The lowest BCUT2D eigenvalue weighted by molar-refractivity contribution is 0.614. The molecule has 1 aromatic heterocycles. The summed E-state index contributed by atoms with van der Waals surface area (Å²) in [6, 6.07) is 5.94. The van der Waals surface area contributed by atoms with Crippen LogP contribution < -0.4 is 10.6 Å². The smallest absolute Gasteiger partial charge is 0.125 e. The Morgan fingerprint density at radius 1 is 1.54 bits per heavy atom. The lowest BCUT2D eigenvalue weighted by atomic mass is 10.1. The largest absolute Gasteiger partial charge is 0.370 e. The first kappa shape index (κ1) is 8.51. The van der Waals surface area contributed by atoms with Crippen molar-refractivity contribution in [2.45, 2.75) is 6.42 Å². The minimum atomic E-state index is 0.766. The molecule has 70 valence electrons. The van der Waals surface area contributed by atoms with Crippen molar-refractivity contribution in [2.24, 2.45) is 5.92 Å². The second kappa shape index (κ2) is 4.23. The van der Waals surface area contributed by atoms with Crippen molar-refractivity contribution < 1.29 is 0 Å². The molecule has 3 heteroatoms. The van der Waals surface area contributed by atoms with Gasteiger partial charge in [0.15, 0.2) is 0 Å². The van der Waals surface area contributed by atoms with Crippen molar-refractivity contribution in [2.75, 3.05) is 25.0 Å². The van der Waals surface area contributed by atoms with Crippen LogP contribution in [0.5, 0.6) is 0 Å². The first-order chi connectivity index (χ1) is 6.45. The zero-order chi connectivity index (χ0) is 8.93. The summed E-state index contributed by atoms with van der Waals surface area (Å²) in [5.41, 5.74) is 0. The number of nitrogens with one attached hydrogen (secondary N) is 2. The molecule has 1 unspecified atom stereocenters. The third-order valence-electron chi connectivity index (χ3n) is 2.40. The molecule has 1 saturated heterocycles. The number of aromatic nitrogens is 1. The van der Waals surface area contributed by atoms with Crippen molar-refractivity contribution in [3.8, 4) is 0 Å². The van der Waals surface area contributed by atoms with Crippen LogP contribution in [0.25, 0.3) is 0 Å². The lowest BCUT2D eigenvalue weighted by Gasteiger charge is -2.09. The van der Waals surface area contributed by atoms with E-state index in [0.717, 1.165) is 31.4 Å². The fraction of sp³-hybridized carbons (Fsp3) is 0.500. The van der Waals surface area contributed by atoms with Crippen LogP contribution in [0.4, 0.5) is 5.82 Å². The molecular formula is C10H15N3. The maximum Gasteiger partial charge on any atom is 0.125 e. The van der Waals surface area contributed by atoms with Gasteiger partial charge in [-0.2, -0.15) is 0 Å². The van der Waals surface area contributed by atoms with Gasteiger partial charge in [0.1, 0.15) is 5.82 Å². The average Bonchev–Trinajstić information content (AvgIpc) is 2.69. The second-order valence-electron chi connectivity index (χ2n) is 3.45. The Labute approximate surface area is 78.6 Å². The maximum atomic E-state index is 4.21. The van der Waals surface area contributed by atoms with Crippen molar-refractivity contribution in [1.29, 1.82) is 0 Å². The first-order valence-electron chi connectivity index (χ1n) is 4.81. The fourth-order valence-corrected chi connectivity index (χ4v) is 1.60. The highest BCUT2D eigenvalue weighted by Gasteiger charge is 2.13. The van der Waals surface area contributed by atoms with Crippen LogP contribution >= 0.6 is 0 Å². The molecule has 1 aromatic rings. The van der Waals surface area contributed by atoms with Crippen LogP contribution in [0, 0.1) is 5.92 Å². The van der Waals surface area contributed by atoms with Crippen molar-refractivity contribution >= 4 is 5.82 Å². The monoisotopic (exact) mass is 177 g/mol. The van der Waals surface area contributed by atoms with Crippen LogP contribution in [0.3, 0.4) is 0 Å². The summed E-state index contributed by atoms with van der Waals surface area (Å²) in [5.74, 6) is 1.75. The van der Waals surface area contributed by atoms with Gasteiger partial charge in [-0.25, -0.2) is 4.98 Å². The van der Waals surface area contributed by atoms with E-state index in [9.17, 15) is 0 Å². The molecule has 2 heterocycles. The molecule has 0 bridgehead atoms. The fourth-order valence-electron chi connectivity index (χ4n) is 1.60. The molecule has 0 saturated carbocycles. The molecule has 0 amide bonds. The Bertz CT molecular complexity index is 242. The van der Waals surface area contributed by atoms with E-state index in [4.69, 9.17) is 0 Å². The van der Waals surface area contributed by atoms with E-state index >= 15 is 0 Å².